The molecule has 0 aliphatic heterocycles. The minimum atomic E-state index is -0.838. The zero-order chi connectivity index (χ0) is 23.3. The highest BCUT2D eigenvalue weighted by Gasteiger charge is 2.39. The molecule has 0 amide bonds. The van der Waals surface area contributed by atoms with Crippen LogP contribution in [0, 0.1) is 35.5 Å². The Morgan fingerprint density at radius 2 is 1.41 bits per heavy atom. The van der Waals surface area contributed by atoms with Gasteiger partial charge in [0.2, 0.25) is 0 Å². The third-order valence-electron chi connectivity index (χ3n) is 8.58. The van der Waals surface area contributed by atoms with Crippen molar-refractivity contribution in [2.75, 3.05) is 6.61 Å². The van der Waals surface area contributed by atoms with Gasteiger partial charge < -0.3 is 9.84 Å². The van der Waals surface area contributed by atoms with E-state index in [0.717, 1.165) is 31.1 Å². The number of carbonyl (C=O) groups excluding carboxylic acids is 1. The Bertz CT molecular complexity index is 546. The van der Waals surface area contributed by atoms with Crippen molar-refractivity contribution in [3.05, 3.63) is 0 Å². The third kappa shape index (κ3) is 8.37. The van der Waals surface area contributed by atoms with E-state index in [9.17, 15) is 14.7 Å². The number of hydrogen-bond acceptors (Lipinski definition) is 3. The molecule has 0 spiro atoms. The van der Waals surface area contributed by atoms with E-state index in [1.807, 2.05) is 0 Å². The predicted molar refractivity (Wildman–Crippen MR) is 130 cm³/mol. The summed E-state index contributed by atoms with van der Waals surface area (Å²) in [5, 5.41) is 9.49. The SMILES string of the molecule is CCCCCCCCC1C(CCCC)CCC(COC(=O)C2CCCCC2C(=O)O)C1C. The molecular weight excluding hydrogens is 400 g/mol. The van der Waals surface area contributed by atoms with Crippen molar-refractivity contribution >= 4 is 11.9 Å². The summed E-state index contributed by atoms with van der Waals surface area (Å²) in [6.45, 7) is 7.42. The quantitative estimate of drug-likeness (QED) is 0.218. The van der Waals surface area contributed by atoms with Crippen molar-refractivity contribution in [2.24, 2.45) is 35.5 Å². The summed E-state index contributed by atoms with van der Waals surface area (Å²) in [5.41, 5.74) is 0. The van der Waals surface area contributed by atoms with Crippen LogP contribution in [0.25, 0.3) is 0 Å². The number of carboxylic acid groups (broad SMARTS) is 1. The highest BCUT2D eigenvalue weighted by molar-refractivity contribution is 5.81. The zero-order valence-electron chi connectivity index (χ0n) is 21.2. The van der Waals surface area contributed by atoms with Crippen LogP contribution in [0.4, 0.5) is 0 Å². The Morgan fingerprint density at radius 3 is 2.09 bits per heavy atom. The number of carboxylic acids is 1. The predicted octanol–water partition coefficient (Wildman–Crippen LogP) is 7.64. The Kier molecular flexibility index (Phi) is 12.7. The largest absolute Gasteiger partial charge is 0.481 e. The first-order chi connectivity index (χ1) is 15.5. The summed E-state index contributed by atoms with van der Waals surface area (Å²) in [6.07, 6.45) is 18.8. The van der Waals surface area contributed by atoms with E-state index in [1.165, 1.54) is 70.6 Å². The van der Waals surface area contributed by atoms with E-state index in [-0.39, 0.29) is 5.97 Å². The Hall–Kier alpha value is -1.06. The minimum Gasteiger partial charge on any atom is -0.481 e. The van der Waals surface area contributed by atoms with E-state index in [4.69, 9.17) is 4.74 Å². The van der Waals surface area contributed by atoms with E-state index in [0.29, 0.717) is 31.3 Å². The average Bonchev–Trinajstić information content (AvgIpc) is 2.80. The molecule has 0 aromatic rings. The van der Waals surface area contributed by atoms with Gasteiger partial charge >= 0.3 is 11.9 Å². The van der Waals surface area contributed by atoms with Gasteiger partial charge in [-0.05, 0) is 55.8 Å². The standard InChI is InChI=1S/C28H50O4/c1-4-6-8-9-10-11-15-24-21(3)23(19-18-22(24)14-7-5-2)20-32-28(31)26-17-13-12-16-25(26)27(29)30/h21-26H,4-20H2,1-3H3,(H,29,30). The van der Waals surface area contributed by atoms with Crippen LogP contribution in [-0.4, -0.2) is 23.7 Å². The van der Waals surface area contributed by atoms with Gasteiger partial charge in [0, 0.05) is 0 Å². The Balaban J connectivity index is 1.88. The first kappa shape index (κ1) is 27.2. The van der Waals surface area contributed by atoms with Gasteiger partial charge in [-0.1, -0.05) is 91.4 Å². The Morgan fingerprint density at radius 1 is 0.781 bits per heavy atom. The van der Waals surface area contributed by atoms with Crippen LogP contribution in [0.5, 0.6) is 0 Å². The summed E-state index contributed by atoms with van der Waals surface area (Å²) >= 11 is 0. The molecule has 6 atom stereocenters. The normalized spacial score (nSPS) is 30.7. The molecule has 4 nitrogen and oxygen atoms in total. The molecule has 32 heavy (non-hydrogen) atoms. The average molecular weight is 451 g/mol. The number of rotatable bonds is 14. The Labute approximate surface area is 197 Å². The number of ether oxygens (including phenoxy) is 1. The fraction of sp³-hybridized carbons (Fsp3) is 0.929. The van der Waals surface area contributed by atoms with Crippen LogP contribution in [0.1, 0.15) is 124 Å². The van der Waals surface area contributed by atoms with Gasteiger partial charge in [-0.2, -0.15) is 0 Å². The van der Waals surface area contributed by atoms with E-state index in [2.05, 4.69) is 20.8 Å². The molecular formula is C28H50O4. The maximum Gasteiger partial charge on any atom is 0.309 e. The zero-order valence-corrected chi connectivity index (χ0v) is 21.2. The smallest absolute Gasteiger partial charge is 0.309 e. The molecule has 0 aromatic heterocycles. The molecule has 0 heterocycles. The molecule has 0 bridgehead atoms. The number of aliphatic carboxylic acids is 1. The second kappa shape index (κ2) is 15.0. The van der Waals surface area contributed by atoms with Crippen molar-refractivity contribution in [1.82, 2.24) is 0 Å². The molecule has 4 heteroatoms. The van der Waals surface area contributed by atoms with Gasteiger partial charge in [0.15, 0.2) is 0 Å². The molecule has 2 rings (SSSR count). The van der Waals surface area contributed by atoms with Crippen LogP contribution >= 0.6 is 0 Å². The molecule has 2 aliphatic rings. The summed E-state index contributed by atoms with van der Waals surface area (Å²) in [7, 11) is 0. The molecule has 0 saturated heterocycles. The van der Waals surface area contributed by atoms with Crippen molar-refractivity contribution < 1.29 is 19.4 Å². The van der Waals surface area contributed by atoms with Crippen molar-refractivity contribution in [3.63, 3.8) is 0 Å². The lowest BCUT2D eigenvalue weighted by Gasteiger charge is -2.42. The summed E-state index contributed by atoms with van der Waals surface area (Å²) in [5.74, 6) is 0.467. The summed E-state index contributed by atoms with van der Waals surface area (Å²) in [6, 6.07) is 0. The molecule has 186 valence electrons. The molecule has 2 aliphatic carbocycles. The number of hydrogen-bond donors (Lipinski definition) is 1. The summed E-state index contributed by atoms with van der Waals surface area (Å²) in [4.78, 5) is 24.3. The van der Waals surface area contributed by atoms with E-state index < -0.39 is 17.8 Å². The molecule has 1 N–H and O–H groups in total. The highest BCUT2D eigenvalue weighted by atomic mass is 16.5. The molecule has 2 saturated carbocycles. The monoisotopic (exact) mass is 450 g/mol. The van der Waals surface area contributed by atoms with Gasteiger partial charge in [-0.15, -0.1) is 0 Å². The lowest BCUT2D eigenvalue weighted by Crippen LogP contribution is -2.38. The maximum absolute atomic E-state index is 12.8. The fourth-order valence-electron chi connectivity index (χ4n) is 6.41. The van der Waals surface area contributed by atoms with Gasteiger partial charge in [-0.25, -0.2) is 0 Å². The topological polar surface area (TPSA) is 63.6 Å². The minimum absolute atomic E-state index is 0.259. The second-order valence-electron chi connectivity index (χ2n) is 10.8. The van der Waals surface area contributed by atoms with Crippen LogP contribution in [0.2, 0.25) is 0 Å². The maximum atomic E-state index is 12.8. The molecule has 0 radical (unpaired) electrons. The fourth-order valence-corrected chi connectivity index (χ4v) is 6.41. The third-order valence-corrected chi connectivity index (χ3v) is 8.58. The number of esters is 1. The lowest BCUT2D eigenvalue weighted by molar-refractivity contribution is -0.161. The number of carbonyl (C=O) groups is 2. The van der Waals surface area contributed by atoms with Crippen LogP contribution < -0.4 is 0 Å². The van der Waals surface area contributed by atoms with Crippen molar-refractivity contribution in [3.8, 4) is 0 Å². The van der Waals surface area contributed by atoms with Crippen molar-refractivity contribution in [1.29, 1.82) is 0 Å². The van der Waals surface area contributed by atoms with Crippen molar-refractivity contribution in [2.45, 2.75) is 124 Å². The van der Waals surface area contributed by atoms with Gasteiger partial charge in [0.05, 0.1) is 18.4 Å². The first-order valence-electron chi connectivity index (χ1n) is 13.9. The van der Waals surface area contributed by atoms with Crippen LogP contribution in [0.15, 0.2) is 0 Å². The van der Waals surface area contributed by atoms with E-state index >= 15 is 0 Å². The molecule has 6 unspecified atom stereocenters. The molecule has 0 aromatic carbocycles. The first-order valence-corrected chi connectivity index (χ1v) is 13.9. The van der Waals surface area contributed by atoms with Crippen LogP contribution in [-0.2, 0) is 14.3 Å². The van der Waals surface area contributed by atoms with E-state index in [1.54, 1.807) is 0 Å². The van der Waals surface area contributed by atoms with Gasteiger partial charge in [-0.3, -0.25) is 9.59 Å². The second-order valence-corrected chi connectivity index (χ2v) is 10.8. The van der Waals surface area contributed by atoms with Gasteiger partial charge in [0.1, 0.15) is 0 Å². The number of unbranched alkanes of at least 4 members (excludes halogenated alkanes) is 6. The van der Waals surface area contributed by atoms with Gasteiger partial charge in [0.25, 0.3) is 0 Å². The lowest BCUT2D eigenvalue weighted by atomic mass is 9.64. The van der Waals surface area contributed by atoms with Crippen LogP contribution in [0.3, 0.4) is 0 Å². The highest BCUT2D eigenvalue weighted by Crippen LogP contribution is 2.44. The molecule has 2 fully saturated rings. The summed E-state index contributed by atoms with van der Waals surface area (Å²) < 4.78 is 5.80.